The summed E-state index contributed by atoms with van der Waals surface area (Å²) in [6, 6.07) is 8.80. The minimum Gasteiger partial charge on any atom is -0.267 e. The Morgan fingerprint density at radius 3 is 2.72 bits per heavy atom. The molecule has 0 unspecified atom stereocenters. The summed E-state index contributed by atoms with van der Waals surface area (Å²) >= 11 is 0. The molecule has 5 heteroatoms. The van der Waals surface area contributed by atoms with E-state index < -0.39 is 5.91 Å². The van der Waals surface area contributed by atoms with Gasteiger partial charge in [0.25, 0.3) is 5.91 Å². The second-order valence-corrected chi connectivity index (χ2v) is 3.49. The van der Waals surface area contributed by atoms with Crippen LogP contribution in [0.5, 0.6) is 0 Å². The SMILES string of the molecule is O=C(N/N=C\c1cccnc1)c1ccc(F)cc1. The molecule has 0 aliphatic heterocycles. The predicted molar refractivity (Wildman–Crippen MR) is 65.7 cm³/mol. The Morgan fingerprint density at radius 1 is 1.28 bits per heavy atom. The van der Waals surface area contributed by atoms with E-state index in [9.17, 15) is 9.18 Å². The summed E-state index contributed by atoms with van der Waals surface area (Å²) in [5, 5.41) is 3.78. The molecule has 0 atom stereocenters. The average molecular weight is 243 g/mol. The molecule has 1 amide bonds. The lowest BCUT2D eigenvalue weighted by molar-refractivity contribution is 0.0955. The highest BCUT2D eigenvalue weighted by atomic mass is 19.1. The quantitative estimate of drug-likeness (QED) is 0.662. The molecule has 1 aromatic heterocycles. The number of rotatable bonds is 3. The fraction of sp³-hybridized carbons (Fsp3) is 0. The van der Waals surface area contributed by atoms with Crippen molar-refractivity contribution in [3.8, 4) is 0 Å². The highest BCUT2D eigenvalue weighted by Crippen LogP contribution is 2.02. The third kappa shape index (κ3) is 3.21. The summed E-state index contributed by atoms with van der Waals surface area (Å²) in [7, 11) is 0. The number of nitrogens with zero attached hydrogens (tertiary/aromatic N) is 2. The summed E-state index contributed by atoms with van der Waals surface area (Å²) in [6.07, 6.45) is 4.75. The van der Waals surface area contributed by atoms with Gasteiger partial charge in [-0.25, -0.2) is 9.82 Å². The van der Waals surface area contributed by atoms with Gasteiger partial charge in [0.05, 0.1) is 6.21 Å². The molecule has 0 bridgehead atoms. The summed E-state index contributed by atoms with van der Waals surface area (Å²) in [5.74, 6) is -0.777. The van der Waals surface area contributed by atoms with Gasteiger partial charge in [0.15, 0.2) is 0 Å². The molecule has 4 nitrogen and oxygen atoms in total. The van der Waals surface area contributed by atoms with E-state index in [0.717, 1.165) is 5.56 Å². The minimum atomic E-state index is -0.393. The van der Waals surface area contributed by atoms with Crippen LogP contribution in [-0.4, -0.2) is 17.1 Å². The first-order chi connectivity index (χ1) is 8.75. The lowest BCUT2D eigenvalue weighted by Gasteiger charge is -1.99. The molecule has 0 aliphatic rings. The van der Waals surface area contributed by atoms with Crippen LogP contribution in [0.3, 0.4) is 0 Å². The van der Waals surface area contributed by atoms with Gasteiger partial charge in [-0.05, 0) is 30.3 Å². The summed E-state index contributed by atoms with van der Waals surface area (Å²) in [5.41, 5.74) is 3.47. The standard InChI is InChI=1S/C13H10FN3O/c14-12-5-3-11(4-6-12)13(18)17-16-9-10-2-1-7-15-8-10/h1-9H,(H,17,18)/b16-9-. The Morgan fingerprint density at radius 2 is 2.06 bits per heavy atom. The van der Waals surface area contributed by atoms with E-state index in [4.69, 9.17) is 0 Å². The third-order valence-electron chi connectivity index (χ3n) is 2.17. The smallest absolute Gasteiger partial charge is 0.267 e. The molecule has 1 N–H and O–H groups in total. The van der Waals surface area contributed by atoms with Crippen molar-refractivity contribution >= 4 is 12.1 Å². The van der Waals surface area contributed by atoms with Gasteiger partial charge in [-0.15, -0.1) is 0 Å². The van der Waals surface area contributed by atoms with Crippen LogP contribution in [0.2, 0.25) is 0 Å². The van der Waals surface area contributed by atoms with Crippen LogP contribution in [0.15, 0.2) is 53.9 Å². The zero-order chi connectivity index (χ0) is 12.8. The van der Waals surface area contributed by atoms with E-state index in [1.165, 1.54) is 30.5 Å². The van der Waals surface area contributed by atoms with Crippen molar-refractivity contribution in [2.75, 3.05) is 0 Å². The van der Waals surface area contributed by atoms with Crippen molar-refractivity contribution in [3.63, 3.8) is 0 Å². The number of halogens is 1. The maximum Gasteiger partial charge on any atom is 0.271 e. The largest absolute Gasteiger partial charge is 0.271 e. The van der Waals surface area contributed by atoms with E-state index in [-0.39, 0.29) is 5.82 Å². The number of benzene rings is 1. The molecular weight excluding hydrogens is 233 g/mol. The molecular formula is C13H10FN3O. The molecule has 0 fully saturated rings. The average Bonchev–Trinajstić information content (AvgIpc) is 2.40. The molecule has 18 heavy (non-hydrogen) atoms. The van der Waals surface area contributed by atoms with Gasteiger partial charge >= 0.3 is 0 Å². The van der Waals surface area contributed by atoms with Gasteiger partial charge in [0.1, 0.15) is 5.82 Å². The molecule has 0 radical (unpaired) electrons. The van der Waals surface area contributed by atoms with Gasteiger partial charge in [-0.2, -0.15) is 5.10 Å². The van der Waals surface area contributed by atoms with Crippen molar-refractivity contribution in [2.45, 2.75) is 0 Å². The maximum absolute atomic E-state index is 12.7. The first kappa shape index (κ1) is 11.9. The molecule has 1 heterocycles. The summed E-state index contributed by atoms with van der Waals surface area (Å²) in [4.78, 5) is 15.5. The maximum atomic E-state index is 12.7. The first-order valence-corrected chi connectivity index (χ1v) is 5.25. The lowest BCUT2D eigenvalue weighted by Crippen LogP contribution is -2.17. The molecule has 0 saturated heterocycles. The van der Waals surface area contributed by atoms with Crippen LogP contribution in [0.1, 0.15) is 15.9 Å². The van der Waals surface area contributed by atoms with E-state index in [1.807, 2.05) is 0 Å². The number of hydrazone groups is 1. The Kier molecular flexibility index (Phi) is 3.76. The first-order valence-electron chi connectivity index (χ1n) is 5.25. The fourth-order valence-corrected chi connectivity index (χ4v) is 1.28. The monoisotopic (exact) mass is 243 g/mol. The number of carbonyl (C=O) groups is 1. The van der Waals surface area contributed by atoms with E-state index in [1.54, 1.807) is 24.5 Å². The second kappa shape index (κ2) is 5.67. The van der Waals surface area contributed by atoms with Crippen molar-refractivity contribution in [3.05, 3.63) is 65.7 Å². The van der Waals surface area contributed by atoms with Crippen LogP contribution < -0.4 is 5.43 Å². The third-order valence-corrected chi connectivity index (χ3v) is 2.17. The van der Waals surface area contributed by atoms with Gasteiger partial charge in [0, 0.05) is 23.5 Å². The van der Waals surface area contributed by atoms with Crippen LogP contribution in [-0.2, 0) is 0 Å². The molecule has 0 aliphatic carbocycles. The molecule has 90 valence electrons. The van der Waals surface area contributed by atoms with Crippen molar-refractivity contribution in [2.24, 2.45) is 5.10 Å². The molecule has 2 aromatic rings. The number of aromatic nitrogens is 1. The Balaban J connectivity index is 1.96. The molecule has 1 aromatic carbocycles. The topological polar surface area (TPSA) is 54.4 Å². The zero-order valence-corrected chi connectivity index (χ0v) is 9.38. The van der Waals surface area contributed by atoms with Crippen LogP contribution in [0, 0.1) is 5.82 Å². The predicted octanol–water partition coefficient (Wildman–Crippen LogP) is 1.98. The second-order valence-electron chi connectivity index (χ2n) is 3.49. The van der Waals surface area contributed by atoms with Gasteiger partial charge < -0.3 is 0 Å². The Labute approximate surface area is 103 Å². The number of carbonyl (C=O) groups excluding carboxylic acids is 1. The van der Waals surface area contributed by atoms with Crippen LogP contribution in [0.25, 0.3) is 0 Å². The number of hydrogen-bond donors (Lipinski definition) is 1. The minimum absolute atomic E-state index is 0.347. The van der Waals surface area contributed by atoms with Crippen molar-refractivity contribution in [1.29, 1.82) is 0 Å². The molecule has 0 spiro atoms. The molecule has 2 rings (SSSR count). The van der Waals surface area contributed by atoms with E-state index >= 15 is 0 Å². The number of pyridine rings is 1. The van der Waals surface area contributed by atoms with Gasteiger partial charge in [0.2, 0.25) is 0 Å². The Hall–Kier alpha value is -2.56. The number of nitrogens with one attached hydrogen (secondary N) is 1. The Bertz CT molecular complexity index is 552. The van der Waals surface area contributed by atoms with Crippen LogP contribution in [0.4, 0.5) is 4.39 Å². The lowest BCUT2D eigenvalue weighted by atomic mass is 10.2. The zero-order valence-electron chi connectivity index (χ0n) is 9.38. The fourth-order valence-electron chi connectivity index (χ4n) is 1.28. The molecule has 0 saturated carbocycles. The van der Waals surface area contributed by atoms with Gasteiger partial charge in [-0.3, -0.25) is 9.78 Å². The summed E-state index contributed by atoms with van der Waals surface area (Å²) < 4.78 is 12.7. The summed E-state index contributed by atoms with van der Waals surface area (Å²) in [6.45, 7) is 0. The van der Waals surface area contributed by atoms with Gasteiger partial charge in [-0.1, -0.05) is 6.07 Å². The van der Waals surface area contributed by atoms with Crippen molar-refractivity contribution in [1.82, 2.24) is 10.4 Å². The number of hydrogen-bond acceptors (Lipinski definition) is 3. The van der Waals surface area contributed by atoms with Crippen molar-refractivity contribution < 1.29 is 9.18 Å². The van der Waals surface area contributed by atoms with Crippen LogP contribution >= 0.6 is 0 Å². The van der Waals surface area contributed by atoms with E-state index in [2.05, 4.69) is 15.5 Å². The van der Waals surface area contributed by atoms with E-state index in [0.29, 0.717) is 5.56 Å². The highest BCUT2D eigenvalue weighted by Gasteiger charge is 2.03. The normalized spacial score (nSPS) is 10.5. The highest BCUT2D eigenvalue weighted by molar-refractivity contribution is 5.94. The number of amides is 1.